The number of hydrogen-bond donors (Lipinski definition) is 3. The fraction of sp³-hybridized carbons (Fsp3) is 0.462. The van der Waals surface area contributed by atoms with Gasteiger partial charge in [0.05, 0.1) is 0 Å². The largest absolute Gasteiger partial charge is 0.361 e. The Morgan fingerprint density at radius 1 is 1.60 bits per heavy atom. The van der Waals surface area contributed by atoms with Crippen molar-refractivity contribution >= 4 is 11.8 Å². The molecule has 1 aromatic rings. The summed E-state index contributed by atoms with van der Waals surface area (Å²) < 4.78 is 0. The molecule has 1 aliphatic rings. The Morgan fingerprint density at radius 3 is 2.85 bits per heavy atom. The van der Waals surface area contributed by atoms with Crippen LogP contribution in [0.4, 0.5) is 0 Å². The van der Waals surface area contributed by atoms with Gasteiger partial charge in [-0.05, 0) is 25.5 Å². The molecular weight excluding hydrogens is 260 g/mol. The average molecular weight is 278 g/mol. The number of aliphatic hydroxyl groups is 1. The number of aromatic nitrogens is 1. The van der Waals surface area contributed by atoms with Gasteiger partial charge in [-0.15, -0.1) is 0 Å². The van der Waals surface area contributed by atoms with E-state index in [1.807, 2.05) is 0 Å². The zero-order chi connectivity index (χ0) is 14.9. The van der Waals surface area contributed by atoms with E-state index < -0.39 is 11.9 Å². The summed E-state index contributed by atoms with van der Waals surface area (Å²) in [4.78, 5) is 29.6. The van der Waals surface area contributed by atoms with Crippen molar-refractivity contribution in [1.82, 2.24) is 20.5 Å². The van der Waals surface area contributed by atoms with E-state index in [9.17, 15) is 14.7 Å². The molecule has 2 heterocycles. The molecule has 1 fully saturated rings. The SMILES string of the molecule is Cc1cccnc1C(=O)N(C)CC1(C)NC(O)NC1=O. The Kier molecular flexibility index (Phi) is 3.74. The quantitative estimate of drug-likeness (QED) is 0.674. The van der Waals surface area contributed by atoms with E-state index in [0.29, 0.717) is 5.69 Å². The Labute approximate surface area is 117 Å². The lowest BCUT2D eigenvalue weighted by molar-refractivity contribution is -0.124. The first-order valence-electron chi connectivity index (χ1n) is 6.27. The zero-order valence-corrected chi connectivity index (χ0v) is 11.7. The van der Waals surface area contributed by atoms with Crippen LogP contribution in [0.25, 0.3) is 0 Å². The predicted molar refractivity (Wildman–Crippen MR) is 71.6 cm³/mol. The molecule has 1 aliphatic heterocycles. The third-order valence-corrected chi connectivity index (χ3v) is 3.34. The highest BCUT2D eigenvalue weighted by Crippen LogP contribution is 2.14. The molecule has 20 heavy (non-hydrogen) atoms. The van der Waals surface area contributed by atoms with Crippen molar-refractivity contribution in [3.05, 3.63) is 29.6 Å². The van der Waals surface area contributed by atoms with Gasteiger partial charge in [-0.3, -0.25) is 19.9 Å². The fourth-order valence-corrected chi connectivity index (χ4v) is 2.24. The van der Waals surface area contributed by atoms with Gasteiger partial charge in [0.15, 0.2) is 6.35 Å². The van der Waals surface area contributed by atoms with Crippen LogP contribution in [0.2, 0.25) is 0 Å². The number of carbonyl (C=O) groups is 2. The zero-order valence-electron chi connectivity index (χ0n) is 11.7. The first-order chi connectivity index (χ1) is 9.33. The third kappa shape index (κ3) is 2.63. The molecule has 0 aromatic carbocycles. The molecule has 7 heteroatoms. The summed E-state index contributed by atoms with van der Waals surface area (Å²) in [5.41, 5.74) is 0.114. The Balaban J connectivity index is 2.13. The van der Waals surface area contributed by atoms with Crippen LogP contribution in [0.1, 0.15) is 23.0 Å². The summed E-state index contributed by atoms with van der Waals surface area (Å²) in [5, 5.41) is 14.5. The minimum atomic E-state index is -1.09. The first-order valence-corrected chi connectivity index (χ1v) is 6.27. The van der Waals surface area contributed by atoms with Crippen LogP contribution in [-0.2, 0) is 4.79 Å². The van der Waals surface area contributed by atoms with E-state index >= 15 is 0 Å². The van der Waals surface area contributed by atoms with Crippen LogP contribution in [0.15, 0.2) is 18.3 Å². The van der Waals surface area contributed by atoms with Crippen molar-refractivity contribution in [2.75, 3.05) is 13.6 Å². The highest BCUT2D eigenvalue weighted by atomic mass is 16.3. The normalized spacial score (nSPS) is 25.4. The van der Waals surface area contributed by atoms with E-state index in [-0.39, 0.29) is 18.4 Å². The smallest absolute Gasteiger partial charge is 0.272 e. The maximum atomic E-state index is 12.3. The number of aliphatic hydroxyl groups excluding tert-OH is 1. The molecular formula is C13H18N4O3. The lowest BCUT2D eigenvalue weighted by Crippen LogP contribution is -2.53. The lowest BCUT2D eigenvalue weighted by atomic mass is 10.0. The molecule has 2 unspecified atom stereocenters. The summed E-state index contributed by atoms with van der Waals surface area (Å²) in [7, 11) is 1.60. The predicted octanol–water partition coefficient (Wildman–Crippen LogP) is -0.784. The van der Waals surface area contributed by atoms with Gasteiger partial charge < -0.3 is 15.3 Å². The van der Waals surface area contributed by atoms with Crippen LogP contribution in [-0.4, -0.2) is 52.3 Å². The molecule has 0 radical (unpaired) electrons. The van der Waals surface area contributed by atoms with Gasteiger partial charge in [0.2, 0.25) is 5.91 Å². The Hall–Kier alpha value is -1.99. The Bertz CT molecular complexity index is 548. The highest BCUT2D eigenvalue weighted by molar-refractivity contribution is 5.95. The van der Waals surface area contributed by atoms with Crippen LogP contribution < -0.4 is 10.6 Å². The Morgan fingerprint density at radius 2 is 2.30 bits per heavy atom. The van der Waals surface area contributed by atoms with Gasteiger partial charge in [0.1, 0.15) is 11.2 Å². The monoisotopic (exact) mass is 278 g/mol. The van der Waals surface area contributed by atoms with Gasteiger partial charge in [0.25, 0.3) is 5.91 Å². The van der Waals surface area contributed by atoms with E-state index in [1.54, 1.807) is 39.2 Å². The van der Waals surface area contributed by atoms with Gasteiger partial charge in [-0.2, -0.15) is 0 Å². The molecule has 2 atom stereocenters. The maximum absolute atomic E-state index is 12.3. The topological polar surface area (TPSA) is 94.6 Å². The summed E-state index contributed by atoms with van der Waals surface area (Å²) in [6.07, 6.45) is 0.465. The first kappa shape index (κ1) is 14.4. The molecule has 0 aliphatic carbocycles. The average Bonchev–Trinajstić information content (AvgIpc) is 2.62. The van der Waals surface area contributed by atoms with Crippen molar-refractivity contribution in [3.8, 4) is 0 Å². The molecule has 7 nitrogen and oxygen atoms in total. The third-order valence-electron chi connectivity index (χ3n) is 3.34. The number of likely N-dealkylation sites (N-methyl/N-ethyl adjacent to an activating group) is 1. The molecule has 0 saturated carbocycles. The molecule has 0 spiro atoms. The van der Waals surface area contributed by atoms with Crippen LogP contribution in [0.3, 0.4) is 0 Å². The van der Waals surface area contributed by atoms with Crippen molar-refractivity contribution in [2.45, 2.75) is 25.7 Å². The van der Waals surface area contributed by atoms with Crippen LogP contribution in [0.5, 0.6) is 0 Å². The number of hydrogen-bond acceptors (Lipinski definition) is 5. The van der Waals surface area contributed by atoms with E-state index in [2.05, 4.69) is 15.6 Å². The van der Waals surface area contributed by atoms with Crippen LogP contribution in [0, 0.1) is 6.92 Å². The van der Waals surface area contributed by atoms with Crippen molar-refractivity contribution in [1.29, 1.82) is 0 Å². The molecule has 2 amide bonds. The van der Waals surface area contributed by atoms with Crippen molar-refractivity contribution in [3.63, 3.8) is 0 Å². The maximum Gasteiger partial charge on any atom is 0.272 e. The summed E-state index contributed by atoms with van der Waals surface area (Å²) in [6.45, 7) is 3.57. The van der Waals surface area contributed by atoms with E-state index in [4.69, 9.17) is 0 Å². The van der Waals surface area contributed by atoms with Crippen LogP contribution >= 0.6 is 0 Å². The second-order valence-corrected chi connectivity index (χ2v) is 5.18. The minimum absolute atomic E-state index is 0.130. The molecule has 108 valence electrons. The number of carbonyl (C=O) groups excluding carboxylic acids is 2. The van der Waals surface area contributed by atoms with Gasteiger partial charge in [0, 0.05) is 19.8 Å². The van der Waals surface area contributed by atoms with Crippen molar-refractivity contribution < 1.29 is 14.7 Å². The number of nitrogens with zero attached hydrogens (tertiary/aromatic N) is 2. The number of pyridine rings is 1. The molecule has 1 saturated heterocycles. The fourth-order valence-electron chi connectivity index (χ4n) is 2.24. The number of nitrogens with one attached hydrogen (secondary N) is 2. The number of amides is 2. The van der Waals surface area contributed by atoms with Crippen molar-refractivity contribution in [2.24, 2.45) is 0 Å². The molecule has 3 N–H and O–H groups in total. The minimum Gasteiger partial charge on any atom is -0.361 e. The van der Waals surface area contributed by atoms with Gasteiger partial charge in [-0.1, -0.05) is 6.07 Å². The lowest BCUT2D eigenvalue weighted by Gasteiger charge is -2.28. The summed E-state index contributed by atoms with van der Waals surface area (Å²) in [6, 6.07) is 3.57. The molecule has 0 bridgehead atoms. The van der Waals surface area contributed by atoms with E-state index in [1.165, 1.54) is 4.90 Å². The molecule has 1 aromatic heterocycles. The summed E-state index contributed by atoms with van der Waals surface area (Å²) >= 11 is 0. The second-order valence-electron chi connectivity index (χ2n) is 5.18. The number of rotatable bonds is 3. The molecule has 2 rings (SSSR count). The van der Waals surface area contributed by atoms with Gasteiger partial charge in [-0.25, -0.2) is 0 Å². The van der Waals surface area contributed by atoms with E-state index in [0.717, 1.165) is 5.56 Å². The van der Waals surface area contributed by atoms with Gasteiger partial charge >= 0.3 is 0 Å². The summed E-state index contributed by atoms with van der Waals surface area (Å²) in [5.74, 6) is -0.609. The number of aryl methyl sites for hydroxylation is 1. The second kappa shape index (κ2) is 5.18. The standard InChI is InChI=1S/C13H18N4O3/c1-8-5-4-6-14-9(8)10(18)17(3)7-13(2)11(19)15-12(20)16-13/h4-6,12,16,20H,7H2,1-3H3,(H,15,19). The highest BCUT2D eigenvalue weighted by Gasteiger charge is 2.43.